The summed E-state index contributed by atoms with van der Waals surface area (Å²) >= 11 is 0. The van der Waals surface area contributed by atoms with Gasteiger partial charge in [-0.05, 0) is 12.6 Å². The largest absolute Gasteiger partial charge is 0.411 e. The summed E-state index contributed by atoms with van der Waals surface area (Å²) in [5, 5.41) is 0. The topological polar surface area (TPSA) is 40.5 Å². The third kappa shape index (κ3) is 20.1. The van der Waals surface area contributed by atoms with E-state index in [0.29, 0.717) is 6.04 Å². The zero-order valence-electron chi connectivity index (χ0n) is 15.4. The Morgan fingerprint density at radius 2 is 0.773 bits per heavy atom. The van der Waals surface area contributed by atoms with Crippen molar-refractivity contribution in [3.8, 4) is 0 Å². The van der Waals surface area contributed by atoms with Crippen molar-refractivity contribution in [2.24, 2.45) is 0 Å². The molecule has 0 bridgehead atoms. The first-order chi connectivity index (χ1) is 10.6. The van der Waals surface area contributed by atoms with Crippen molar-refractivity contribution in [1.29, 1.82) is 0 Å². The molecule has 0 aromatic heterocycles. The van der Waals surface area contributed by atoms with Crippen LogP contribution in [0.3, 0.4) is 0 Å². The van der Waals surface area contributed by atoms with Gasteiger partial charge in [-0.3, -0.25) is 0 Å². The van der Waals surface area contributed by atoms with Gasteiger partial charge in [-0.2, -0.15) is 0 Å². The van der Waals surface area contributed by atoms with E-state index in [1.165, 1.54) is 96.3 Å². The van der Waals surface area contributed by atoms with E-state index in [9.17, 15) is 9.59 Å². The lowest BCUT2D eigenvalue weighted by Gasteiger charge is -2.10. The van der Waals surface area contributed by atoms with Crippen LogP contribution in [-0.4, -0.2) is 18.2 Å². The maximum Gasteiger partial charge on any atom is 0.329 e. The van der Waals surface area contributed by atoms with Gasteiger partial charge >= 0.3 is 8.56 Å². The van der Waals surface area contributed by atoms with Crippen LogP contribution in [-0.2, 0) is 0 Å². The van der Waals surface area contributed by atoms with E-state index in [-0.39, 0.29) is 0 Å². The Labute approximate surface area is 141 Å². The van der Waals surface area contributed by atoms with E-state index in [2.05, 4.69) is 6.92 Å². The fourth-order valence-corrected chi connectivity index (χ4v) is 3.93. The first kappa shape index (κ1) is 22.1. The minimum absolute atomic E-state index is 0.644. The standard InChI is InChI=1S/C19H42O2Si/c1-3-4-5-6-7-8-9-10-11-12-13-14-15-16-17-18-19-22(2,20)21/h20-21H,3-19H2,1-2H3. The Balaban J connectivity index is 3.00. The van der Waals surface area contributed by atoms with Crippen molar-refractivity contribution in [2.75, 3.05) is 0 Å². The van der Waals surface area contributed by atoms with Crippen molar-refractivity contribution in [3.63, 3.8) is 0 Å². The Kier molecular flexibility index (Phi) is 16.1. The molecule has 0 aliphatic rings. The predicted molar refractivity (Wildman–Crippen MR) is 100 cm³/mol. The second kappa shape index (κ2) is 16.0. The van der Waals surface area contributed by atoms with Gasteiger partial charge < -0.3 is 9.59 Å². The predicted octanol–water partition coefficient (Wildman–Crippen LogP) is 6.30. The molecule has 0 saturated carbocycles. The highest BCUT2D eigenvalue weighted by molar-refractivity contribution is 6.63. The molecule has 0 fully saturated rings. The quantitative estimate of drug-likeness (QED) is 0.242. The lowest BCUT2D eigenvalue weighted by atomic mass is 10.0. The molecule has 0 amide bonds. The summed E-state index contributed by atoms with van der Waals surface area (Å²) in [7, 11) is -2.76. The van der Waals surface area contributed by atoms with Crippen molar-refractivity contribution in [2.45, 2.75) is 122 Å². The normalized spacial score (nSPS) is 12.0. The molecule has 0 unspecified atom stereocenters. The van der Waals surface area contributed by atoms with Gasteiger partial charge in [0.1, 0.15) is 0 Å². The molecule has 0 aliphatic heterocycles. The highest BCUT2D eigenvalue weighted by Gasteiger charge is 2.19. The Hall–Kier alpha value is 0.137. The highest BCUT2D eigenvalue weighted by Crippen LogP contribution is 2.15. The van der Waals surface area contributed by atoms with Crippen LogP contribution in [0.15, 0.2) is 0 Å². The van der Waals surface area contributed by atoms with Crippen molar-refractivity contribution in [3.05, 3.63) is 0 Å². The van der Waals surface area contributed by atoms with Gasteiger partial charge in [0.2, 0.25) is 0 Å². The summed E-state index contributed by atoms with van der Waals surface area (Å²) in [5.74, 6) is 0. The van der Waals surface area contributed by atoms with Crippen LogP contribution >= 0.6 is 0 Å². The summed E-state index contributed by atoms with van der Waals surface area (Å²) in [5.41, 5.74) is 0. The second-order valence-corrected chi connectivity index (χ2v) is 10.2. The van der Waals surface area contributed by atoms with Gasteiger partial charge in [0, 0.05) is 0 Å². The molecular weight excluding hydrogens is 288 g/mol. The van der Waals surface area contributed by atoms with E-state index in [4.69, 9.17) is 0 Å². The van der Waals surface area contributed by atoms with Gasteiger partial charge in [0.25, 0.3) is 0 Å². The zero-order chi connectivity index (χ0) is 16.5. The molecule has 0 aromatic carbocycles. The van der Waals surface area contributed by atoms with Crippen LogP contribution in [0.4, 0.5) is 0 Å². The molecule has 0 heterocycles. The number of rotatable bonds is 17. The number of hydrogen-bond acceptors (Lipinski definition) is 2. The molecule has 134 valence electrons. The molecule has 0 saturated heterocycles. The zero-order valence-corrected chi connectivity index (χ0v) is 16.4. The van der Waals surface area contributed by atoms with Crippen LogP contribution in [0.2, 0.25) is 12.6 Å². The maximum atomic E-state index is 9.33. The van der Waals surface area contributed by atoms with Crippen LogP contribution in [0, 0.1) is 0 Å². The molecule has 0 atom stereocenters. The lowest BCUT2D eigenvalue weighted by Crippen LogP contribution is -2.29. The van der Waals surface area contributed by atoms with E-state index in [0.717, 1.165) is 6.42 Å². The molecule has 0 aromatic rings. The molecule has 0 radical (unpaired) electrons. The van der Waals surface area contributed by atoms with Crippen LogP contribution < -0.4 is 0 Å². The highest BCUT2D eigenvalue weighted by atomic mass is 28.4. The van der Waals surface area contributed by atoms with Crippen molar-refractivity contribution < 1.29 is 9.59 Å². The average Bonchev–Trinajstić information content (AvgIpc) is 2.45. The molecule has 0 rings (SSSR count). The minimum Gasteiger partial charge on any atom is -0.411 e. The maximum absolute atomic E-state index is 9.33. The van der Waals surface area contributed by atoms with Gasteiger partial charge in [-0.15, -0.1) is 0 Å². The molecule has 3 heteroatoms. The van der Waals surface area contributed by atoms with E-state index in [1.807, 2.05) is 0 Å². The molecule has 22 heavy (non-hydrogen) atoms. The monoisotopic (exact) mass is 330 g/mol. The third-order valence-corrected chi connectivity index (χ3v) is 5.80. The SMILES string of the molecule is CCCCCCCCCCCCCCCCCC[Si](C)(O)O. The molecule has 2 nitrogen and oxygen atoms in total. The summed E-state index contributed by atoms with van der Waals surface area (Å²) in [6.45, 7) is 3.89. The summed E-state index contributed by atoms with van der Waals surface area (Å²) in [6.07, 6.45) is 21.8. The second-order valence-electron chi connectivity index (χ2n) is 7.27. The van der Waals surface area contributed by atoms with Gasteiger partial charge in [0.05, 0.1) is 0 Å². The molecule has 0 spiro atoms. The Morgan fingerprint density at radius 1 is 0.500 bits per heavy atom. The van der Waals surface area contributed by atoms with Gasteiger partial charge in [-0.25, -0.2) is 0 Å². The van der Waals surface area contributed by atoms with Crippen LogP contribution in [0.5, 0.6) is 0 Å². The fraction of sp³-hybridized carbons (Fsp3) is 1.00. The Morgan fingerprint density at radius 3 is 1.05 bits per heavy atom. The summed E-state index contributed by atoms with van der Waals surface area (Å²) in [6, 6.07) is 0.644. The smallest absolute Gasteiger partial charge is 0.329 e. The third-order valence-electron chi connectivity index (χ3n) is 4.50. The first-order valence-electron chi connectivity index (χ1n) is 10.0. The van der Waals surface area contributed by atoms with Crippen LogP contribution in [0.1, 0.15) is 110 Å². The van der Waals surface area contributed by atoms with Crippen molar-refractivity contribution in [1.82, 2.24) is 0 Å². The van der Waals surface area contributed by atoms with Crippen molar-refractivity contribution >= 4 is 8.56 Å². The Bertz CT molecular complexity index is 214. The molecule has 2 N–H and O–H groups in total. The number of unbranched alkanes of at least 4 members (excludes halogenated alkanes) is 15. The van der Waals surface area contributed by atoms with E-state index >= 15 is 0 Å². The number of hydrogen-bond donors (Lipinski definition) is 2. The minimum atomic E-state index is -2.76. The van der Waals surface area contributed by atoms with Gasteiger partial charge in [-0.1, -0.05) is 110 Å². The van der Waals surface area contributed by atoms with E-state index in [1.54, 1.807) is 6.55 Å². The van der Waals surface area contributed by atoms with E-state index < -0.39 is 8.56 Å². The fourth-order valence-electron chi connectivity index (χ4n) is 3.01. The summed E-state index contributed by atoms with van der Waals surface area (Å²) < 4.78 is 0. The van der Waals surface area contributed by atoms with Gasteiger partial charge in [0.15, 0.2) is 0 Å². The molecular formula is C19H42O2Si. The summed E-state index contributed by atoms with van der Waals surface area (Å²) in [4.78, 5) is 18.7. The average molecular weight is 331 g/mol. The first-order valence-corrected chi connectivity index (χ1v) is 12.6. The molecule has 0 aliphatic carbocycles. The lowest BCUT2D eigenvalue weighted by molar-refractivity contribution is 0.366. The van der Waals surface area contributed by atoms with Crippen LogP contribution in [0.25, 0.3) is 0 Å².